The number of carbonyl (C=O) groups excluding carboxylic acids is 1. The molecule has 1 amide bonds. The van der Waals surface area contributed by atoms with Gasteiger partial charge in [-0.1, -0.05) is 12.1 Å². The number of nitrogens with zero attached hydrogens (tertiary/aromatic N) is 1. The first-order valence-corrected chi connectivity index (χ1v) is 7.67. The molecule has 1 aromatic heterocycles. The normalized spacial score (nSPS) is 14.2. The van der Waals surface area contributed by atoms with E-state index in [-0.39, 0.29) is 5.91 Å². The first kappa shape index (κ1) is 13.2. The van der Waals surface area contributed by atoms with Crippen LogP contribution in [-0.4, -0.2) is 16.8 Å². The van der Waals surface area contributed by atoms with E-state index in [9.17, 15) is 4.79 Å². The molecule has 0 radical (unpaired) electrons. The van der Waals surface area contributed by atoms with E-state index < -0.39 is 0 Å². The van der Waals surface area contributed by atoms with Crippen LogP contribution in [0, 0.1) is 6.92 Å². The Morgan fingerprint density at radius 3 is 2.75 bits per heavy atom. The molecule has 104 valence electrons. The summed E-state index contributed by atoms with van der Waals surface area (Å²) in [7, 11) is 0. The summed E-state index contributed by atoms with van der Waals surface area (Å²) in [4.78, 5) is 16.6. The van der Waals surface area contributed by atoms with Gasteiger partial charge in [0.2, 0.25) is 0 Å². The average molecular weight is 286 g/mol. The molecule has 2 N–H and O–H groups in total. The molecule has 4 heteroatoms. The Hall–Kier alpha value is -1.81. The van der Waals surface area contributed by atoms with Crippen molar-refractivity contribution in [3.8, 4) is 0 Å². The lowest BCUT2D eigenvalue weighted by molar-refractivity contribution is 0.0735. The smallest absolute Gasteiger partial charge is 0.264 e. The Labute approximate surface area is 123 Å². The summed E-state index contributed by atoms with van der Waals surface area (Å²) in [5.41, 5.74) is 7.66. The fraction of sp³-hybridized carbons (Fsp3) is 0.312. The molecule has 0 spiro atoms. The van der Waals surface area contributed by atoms with Crippen LogP contribution in [0.2, 0.25) is 0 Å². The monoisotopic (exact) mass is 286 g/mol. The molecule has 0 aliphatic heterocycles. The van der Waals surface area contributed by atoms with E-state index in [0.717, 1.165) is 29.0 Å². The summed E-state index contributed by atoms with van der Waals surface area (Å²) in [6.07, 6.45) is 2.22. The third kappa shape index (κ3) is 2.85. The van der Waals surface area contributed by atoms with Crippen LogP contribution in [0.4, 0.5) is 5.69 Å². The number of hydrogen-bond acceptors (Lipinski definition) is 3. The number of hydrogen-bond donors (Lipinski definition) is 1. The summed E-state index contributed by atoms with van der Waals surface area (Å²) in [5.74, 6) is 0.146. The molecule has 0 unspecified atom stereocenters. The Morgan fingerprint density at radius 2 is 2.15 bits per heavy atom. The van der Waals surface area contributed by atoms with Crippen LogP contribution in [0.3, 0.4) is 0 Å². The highest BCUT2D eigenvalue weighted by Gasteiger charge is 2.33. The van der Waals surface area contributed by atoms with E-state index in [4.69, 9.17) is 5.73 Å². The van der Waals surface area contributed by atoms with Crippen molar-refractivity contribution in [2.24, 2.45) is 0 Å². The SMILES string of the molecule is Cc1ccc(C(=O)N(Cc2cccc(N)c2)C2CC2)s1. The van der Waals surface area contributed by atoms with Crippen molar-refractivity contribution in [2.75, 3.05) is 5.73 Å². The fourth-order valence-electron chi connectivity index (χ4n) is 2.33. The fourth-order valence-corrected chi connectivity index (χ4v) is 3.16. The third-order valence-corrected chi connectivity index (χ3v) is 4.49. The van der Waals surface area contributed by atoms with Crippen molar-refractivity contribution in [2.45, 2.75) is 32.4 Å². The van der Waals surface area contributed by atoms with Gasteiger partial charge >= 0.3 is 0 Å². The number of amides is 1. The predicted octanol–water partition coefficient (Wildman–Crippen LogP) is 3.44. The van der Waals surface area contributed by atoms with Crippen LogP contribution >= 0.6 is 11.3 Å². The third-order valence-electron chi connectivity index (χ3n) is 3.50. The van der Waals surface area contributed by atoms with Gasteiger partial charge in [0, 0.05) is 23.2 Å². The summed E-state index contributed by atoms with van der Waals surface area (Å²) >= 11 is 1.57. The molecule has 1 heterocycles. The highest BCUT2D eigenvalue weighted by Crippen LogP contribution is 2.31. The van der Waals surface area contributed by atoms with Gasteiger partial charge in [-0.05, 0) is 49.6 Å². The molecule has 3 rings (SSSR count). The molecule has 1 aromatic carbocycles. The quantitative estimate of drug-likeness (QED) is 0.875. The average Bonchev–Trinajstić information content (AvgIpc) is 3.17. The molecular formula is C16H18N2OS. The maximum absolute atomic E-state index is 12.6. The van der Waals surface area contributed by atoms with Crippen LogP contribution in [0.25, 0.3) is 0 Å². The van der Waals surface area contributed by atoms with Crippen molar-refractivity contribution in [1.82, 2.24) is 4.90 Å². The van der Waals surface area contributed by atoms with Gasteiger partial charge in [0.15, 0.2) is 0 Å². The molecule has 20 heavy (non-hydrogen) atoms. The number of anilines is 1. The van der Waals surface area contributed by atoms with E-state index in [0.29, 0.717) is 12.6 Å². The Kier molecular flexibility index (Phi) is 3.49. The molecule has 1 aliphatic rings. The molecular weight excluding hydrogens is 268 g/mol. The molecule has 0 atom stereocenters. The minimum Gasteiger partial charge on any atom is -0.399 e. The largest absolute Gasteiger partial charge is 0.399 e. The Bertz CT molecular complexity index is 631. The molecule has 1 aliphatic carbocycles. The maximum atomic E-state index is 12.6. The van der Waals surface area contributed by atoms with Gasteiger partial charge in [-0.2, -0.15) is 0 Å². The topological polar surface area (TPSA) is 46.3 Å². The number of benzene rings is 1. The number of nitrogen functional groups attached to an aromatic ring is 1. The van der Waals surface area contributed by atoms with Gasteiger partial charge in [-0.15, -0.1) is 11.3 Å². The Balaban J connectivity index is 1.81. The minimum atomic E-state index is 0.146. The second-order valence-corrected chi connectivity index (χ2v) is 6.61. The Morgan fingerprint density at radius 1 is 1.35 bits per heavy atom. The molecule has 0 saturated heterocycles. The number of aryl methyl sites for hydroxylation is 1. The highest BCUT2D eigenvalue weighted by atomic mass is 32.1. The van der Waals surface area contributed by atoms with Gasteiger partial charge in [0.25, 0.3) is 5.91 Å². The first-order valence-electron chi connectivity index (χ1n) is 6.85. The van der Waals surface area contributed by atoms with Crippen molar-refractivity contribution < 1.29 is 4.79 Å². The lowest BCUT2D eigenvalue weighted by atomic mass is 10.2. The van der Waals surface area contributed by atoms with Crippen LogP contribution in [0.15, 0.2) is 36.4 Å². The number of rotatable bonds is 4. The second-order valence-electron chi connectivity index (χ2n) is 5.32. The van der Waals surface area contributed by atoms with Crippen molar-refractivity contribution in [3.05, 3.63) is 51.7 Å². The zero-order valence-electron chi connectivity index (χ0n) is 11.5. The van der Waals surface area contributed by atoms with E-state index in [2.05, 4.69) is 0 Å². The van der Waals surface area contributed by atoms with E-state index in [1.807, 2.05) is 48.2 Å². The van der Waals surface area contributed by atoms with E-state index >= 15 is 0 Å². The summed E-state index contributed by atoms with van der Waals surface area (Å²) in [6, 6.07) is 12.1. The van der Waals surface area contributed by atoms with Crippen molar-refractivity contribution in [1.29, 1.82) is 0 Å². The summed E-state index contributed by atoms with van der Waals surface area (Å²) in [6.45, 7) is 2.67. The van der Waals surface area contributed by atoms with Crippen LogP contribution in [0.1, 0.15) is 33.0 Å². The van der Waals surface area contributed by atoms with Crippen LogP contribution in [0.5, 0.6) is 0 Å². The molecule has 1 fully saturated rings. The maximum Gasteiger partial charge on any atom is 0.264 e. The second kappa shape index (κ2) is 5.29. The number of carbonyl (C=O) groups is 1. The summed E-state index contributed by atoms with van der Waals surface area (Å²) < 4.78 is 0. The minimum absolute atomic E-state index is 0.146. The van der Waals surface area contributed by atoms with Crippen LogP contribution < -0.4 is 5.73 Å². The van der Waals surface area contributed by atoms with Gasteiger partial charge in [-0.25, -0.2) is 0 Å². The zero-order chi connectivity index (χ0) is 14.1. The van der Waals surface area contributed by atoms with Gasteiger partial charge in [0.1, 0.15) is 0 Å². The van der Waals surface area contributed by atoms with Crippen molar-refractivity contribution >= 4 is 22.9 Å². The lowest BCUT2D eigenvalue weighted by Crippen LogP contribution is -2.32. The lowest BCUT2D eigenvalue weighted by Gasteiger charge is -2.22. The zero-order valence-corrected chi connectivity index (χ0v) is 12.3. The molecule has 1 saturated carbocycles. The number of thiophene rings is 1. The van der Waals surface area contributed by atoms with Gasteiger partial charge in [-0.3, -0.25) is 4.79 Å². The van der Waals surface area contributed by atoms with E-state index in [1.165, 1.54) is 4.88 Å². The standard InChI is InChI=1S/C16H18N2OS/c1-11-5-8-15(20-11)16(19)18(14-6-7-14)10-12-3-2-4-13(17)9-12/h2-5,8-9,14H,6-7,10,17H2,1H3. The molecule has 0 bridgehead atoms. The molecule has 3 nitrogen and oxygen atoms in total. The van der Waals surface area contributed by atoms with Gasteiger partial charge < -0.3 is 10.6 Å². The first-order chi connectivity index (χ1) is 9.63. The van der Waals surface area contributed by atoms with E-state index in [1.54, 1.807) is 11.3 Å². The summed E-state index contributed by atoms with van der Waals surface area (Å²) in [5, 5.41) is 0. The van der Waals surface area contributed by atoms with Gasteiger partial charge in [0.05, 0.1) is 4.88 Å². The van der Waals surface area contributed by atoms with Crippen molar-refractivity contribution in [3.63, 3.8) is 0 Å². The highest BCUT2D eigenvalue weighted by molar-refractivity contribution is 7.13. The predicted molar refractivity (Wildman–Crippen MR) is 82.8 cm³/mol. The molecule has 2 aromatic rings. The van der Waals surface area contributed by atoms with Crippen LogP contribution in [-0.2, 0) is 6.54 Å². The number of nitrogens with two attached hydrogens (primary N) is 1.